The maximum atomic E-state index is 14.0. The van der Waals surface area contributed by atoms with Crippen LogP contribution in [0, 0.1) is 17.7 Å². The van der Waals surface area contributed by atoms with Crippen LogP contribution in [0.3, 0.4) is 0 Å². The van der Waals surface area contributed by atoms with Gasteiger partial charge in [0.15, 0.2) is 0 Å². The Bertz CT molecular complexity index is 446. The van der Waals surface area contributed by atoms with Gasteiger partial charge in [0.2, 0.25) is 0 Å². The number of carbonyl (C=O) groups is 1. The first-order valence-corrected chi connectivity index (χ1v) is 6.71. The predicted octanol–water partition coefficient (Wildman–Crippen LogP) is 3.28. The van der Waals surface area contributed by atoms with Crippen LogP contribution in [-0.2, 0) is 0 Å². The van der Waals surface area contributed by atoms with E-state index in [-0.39, 0.29) is 30.1 Å². The SMILES string of the molecule is CCC(C)[C@@H]1CN(C(=O)c2ccc(F)cc2)CC1F. The third-order valence-corrected chi connectivity index (χ3v) is 4.04. The van der Waals surface area contributed by atoms with Gasteiger partial charge in [-0.1, -0.05) is 20.3 Å². The third-order valence-electron chi connectivity index (χ3n) is 4.04. The zero-order valence-electron chi connectivity index (χ0n) is 11.3. The largest absolute Gasteiger partial charge is 0.335 e. The molecule has 2 unspecified atom stereocenters. The Morgan fingerprint density at radius 1 is 1.37 bits per heavy atom. The number of halogens is 2. The molecular formula is C15H19F2NO. The van der Waals surface area contributed by atoms with Crippen LogP contribution in [0.25, 0.3) is 0 Å². The number of rotatable bonds is 3. The molecule has 19 heavy (non-hydrogen) atoms. The van der Waals surface area contributed by atoms with E-state index in [2.05, 4.69) is 0 Å². The number of likely N-dealkylation sites (tertiary alicyclic amines) is 1. The second-order valence-corrected chi connectivity index (χ2v) is 5.28. The topological polar surface area (TPSA) is 20.3 Å². The lowest BCUT2D eigenvalue weighted by atomic mass is 9.90. The summed E-state index contributed by atoms with van der Waals surface area (Å²) in [7, 11) is 0. The summed E-state index contributed by atoms with van der Waals surface area (Å²) in [6, 6.07) is 5.40. The van der Waals surface area contributed by atoms with E-state index in [1.54, 1.807) is 0 Å². The van der Waals surface area contributed by atoms with Crippen molar-refractivity contribution in [3.8, 4) is 0 Å². The second kappa shape index (κ2) is 5.68. The molecule has 0 spiro atoms. The molecule has 3 atom stereocenters. The molecule has 0 bridgehead atoms. The first-order valence-electron chi connectivity index (χ1n) is 6.71. The van der Waals surface area contributed by atoms with Gasteiger partial charge in [0.25, 0.3) is 5.91 Å². The molecular weight excluding hydrogens is 248 g/mol. The average Bonchev–Trinajstić information content (AvgIpc) is 2.80. The van der Waals surface area contributed by atoms with E-state index in [1.807, 2.05) is 13.8 Å². The number of hydrogen-bond donors (Lipinski definition) is 0. The van der Waals surface area contributed by atoms with Crippen molar-refractivity contribution in [2.24, 2.45) is 11.8 Å². The molecule has 0 saturated carbocycles. The molecule has 104 valence electrons. The van der Waals surface area contributed by atoms with Gasteiger partial charge in [0, 0.05) is 18.0 Å². The van der Waals surface area contributed by atoms with Gasteiger partial charge in [-0.15, -0.1) is 0 Å². The van der Waals surface area contributed by atoms with Crippen LogP contribution in [0.4, 0.5) is 8.78 Å². The van der Waals surface area contributed by atoms with E-state index in [0.717, 1.165) is 6.42 Å². The van der Waals surface area contributed by atoms with E-state index in [1.165, 1.54) is 29.2 Å². The number of alkyl halides is 1. The van der Waals surface area contributed by atoms with Crippen molar-refractivity contribution in [1.82, 2.24) is 4.90 Å². The Morgan fingerprint density at radius 3 is 2.58 bits per heavy atom. The molecule has 0 N–H and O–H groups in total. The summed E-state index contributed by atoms with van der Waals surface area (Å²) >= 11 is 0. The van der Waals surface area contributed by atoms with E-state index < -0.39 is 6.17 Å². The number of amides is 1. The molecule has 0 aromatic heterocycles. The minimum atomic E-state index is -0.959. The standard InChI is InChI=1S/C15H19F2NO/c1-3-10(2)13-8-18(9-14(13)17)15(19)11-4-6-12(16)7-5-11/h4-7,10,13-14H,3,8-9H2,1-2H3/t10?,13-,14?/m0/s1. The molecule has 0 radical (unpaired) electrons. The lowest BCUT2D eigenvalue weighted by Gasteiger charge is -2.19. The maximum Gasteiger partial charge on any atom is 0.253 e. The summed E-state index contributed by atoms with van der Waals surface area (Å²) in [6.07, 6.45) is -0.0525. The van der Waals surface area contributed by atoms with Crippen molar-refractivity contribution in [2.75, 3.05) is 13.1 Å². The Labute approximate surface area is 112 Å². The lowest BCUT2D eigenvalue weighted by Crippen LogP contribution is -2.29. The van der Waals surface area contributed by atoms with E-state index >= 15 is 0 Å². The van der Waals surface area contributed by atoms with Crippen LogP contribution in [0.5, 0.6) is 0 Å². The van der Waals surface area contributed by atoms with Gasteiger partial charge in [-0.25, -0.2) is 8.78 Å². The second-order valence-electron chi connectivity index (χ2n) is 5.28. The summed E-state index contributed by atoms with van der Waals surface area (Å²) < 4.78 is 26.8. The van der Waals surface area contributed by atoms with Crippen LogP contribution >= 0.6 is 0 Å². The van der Waals surface area contributed by atoms with Crippen molar-refractivity contribution in [3.05, 3.63) is 35.6 Å². The molecule has 0 aliphatic carbocycles. The van der Waals surface area contributed by atoms with Crippen molar-refractivity contribution in [1.29, 1.82) is 0 Å². The molecule has 1 amide bonds. The zero-order chi connectivity index (χ0) is 14.0. The van der Waals surface area contributed by atoms with Gasteiger partial charge in [0.05, 0.1) is 6.54 Å². The highest BCUT2D eigenvalue weighted by Gasteiger charge is 2.37. The molecule has 1 fully saturated rings. The summed E-state index contributed by atoms with van der Waals surface area (Å²) in [5.74, 6) is -0.414. The summed E-state index contributed by atoms with van der Waals surface area (Å²) in [5.41, 5.74) is 0.415. The fourth-order valence-corrected chi connectivity index (χ4v) is 2.57. The molecule has 2 nitrogen and oxygen atoms in total. The van der Waals surface area contributed by atoms with Gasteiger partial charge in [0.1, 0.15) is 12.0 Å². The predicted molar refractivity (Wildman–Crippen MR) is 70.1 cm³/mol. The van der Waals surface area contributed by atoms with Crippen LogP contribution in [-0.4, -0.2) is 30.1 Å². The highest BCUT2D eigenvalue weighted by atomic mass is 19.1. The van der Waals surface area contributed by atoms with E-state index in [9.17, 15) is 13.6 Å². The Kier molecular flexibility index (Phi) is 4.17. The van der Waals surface area contributed by atoms with Crippen molar-refractivity contribution in [3.63, 3.8) is 0 Å². The molecule has 1 aliphatic rings. The van der Waals surface area contributed by atoms with Crippen LogP contribution < -0.4 is 0 Å². The molecule has 1 aromatic rings. The van der Waals surface area contributed by atoms with Gasteiger partial charge in [-0.2, -0.15) is 0 Å². The van der Waals surface area contributed by atoms with Crippen LogP contribution in [0.15, 0.2) is 24.3 Å². The summed E-state index contributed by atoms with van der Waals surface area (Å²) in [6.45, 7) is 4.64. The Morgan fingerprint density at radius 2 is 2.00 bits per heavy atom. The fraction of sp³-hybridized carbons (Fsp3) is 0.533. The van der Waals surface area contributed by atoms with Gasteiger partial charge < -0.3 is 4.90 Å². The Balaban J connectivity index is 2.07. The minimum absolute atomic E-state index is 0.0885. The molecule has 4 heteroatoms. The normalized spacial score (nSPS) is 24.5. The smallest absolute Gasteiger partial charge is 0.253 e. The van der Waals surface area contributed by atoms with Crippen molar-refractivity contribution >= 4 is 5.91 Å². The van der Waals surface area contributed by atoms with Gasteiger partial charge in [-0.3, -0.25) is 4.79 Å². The first kappa shape index (κ1) is 14.0. The monoisotopic (exact) mass is 267 g/mol. The van der Waals surface area contributed by atoms with Crippen LogP contribution in [0.1, 0.15) is 30.6 Å². The Hall–Kier alpha value is -1.45. The molecule has 2 rings (SSSR count). The van der Waals surface area contributed by atoms with Crippen molar-refractivity contribution in [2.45, 2.75) is 26.4 Å². The minimum Gasteiger partial charge on any atom is -0.335 e. The molecule has 1 aromatic carbocycles. The number of carbonyl (C=O) groups excluding carboxylic acids is 1. The zero-order valence-corrected chi connectivity index (χ0v) is 11.3. The number of nitrogens with zero attached hydrogens (tertiary/aromatic N) is 1. The maximum absolute atomic E-state index is 14.0. The first-order chi connectivity index (χ1) is 9.02. The highest BCUT2D eigenvalue weighted by Crippen LogP contribution is 2.29. The van der Waals surface area contributed by atoms with Gasteiger partial charge >= 0.3 is 0 Å². The third kappa shape index (κ3) is 2.94. The molecule has 1 saturated heterocycles. The van der Waals surface area contributed by atoms with Gasteiger partial charge in [-0.05, 0) is 30.2 Å². The van der Waals surface area contributed by atoms with Crippen LogP contribution in [0.2, 0.25) is 0 Å². The van der Waals surface area contributed by atoms with E-state index in [0.29, 0.717) is 12.1 Å². The summed E-state index contributed by atoms with van der Waals surface area (Å²) in [4.78, 5) is 13.7. The molecule has 1 aliphatic heterocycles. The fourth-order valence-electron chi connectivity index (χ4n) is 2.57. The number of hydrogen-bond acceptors (Lipinski definition) is 1. The highest BCUT2D eigenvalue weighted by molar-refractivity contribution is 5.94. The quantitative estimate of drug-likeness (QED) is 0.823. The summed E-state index contributed by atoms with van der Waals surface area (Å²) in [5, 5.41) is 0. The average molecular weight is 267 g/mol. The van der Waals surface area contributed by atoms with Crippen molar-refractivity contribution < 1.29 is 13.6 Å². The lowest BCUT2D eigenvalue weighted by molar-refractivity contribution is 0.0779. The van der Waals surface area contributed by atoms with E-state index in [4.69, 9.17) is 0 Å². The number of benzene rings is 1. The molecule has 1 heterocycles.